The van der Waals surface area contributed by atoms with E-state index < -0.39 is 11.8 Å². The molecule has 0 aliphatic rings. The molecule has 0 bridgehead atoms. The molecule has 0 atom stereocenters. The van der Waals surface area contributed by atoms with E-state index in [1.54, 1.807) is 0 Å². The first-order valence-corrected chi connectivity index (χ1v) is 4.57. The number of nitrogens with zero attached hydrogens (tertiary/aromatic N) is 1. The van der Waals surface area contributed by atoms with Gasteiger partial charge in [0, 0.05) is 17.2 Å². The van der Waals surface area contributed by atoms with Gasteiger partial charge in [0.1, 0.15) is 5.82 Å². The molecule has 86 valence electrons. The zero-order chi connectivity index (χ0) is 12.4. The Morgan fingerprint density at radius 2 is 2.18 bits per heavy atom. The van der Waals surface area contributed by atoms with E-state index in [4.69, 9.17) is 9.63 Å². The molecule has 0 aliphatic carbocycles. The zero-order valence-corrected chi connectivity index (χ0v) is 8.38. The molecule has 0 radical (unpaired) electrons. The molecule has 1 heterocycles. The lowest BCUT2D eigenvalue weighted by atomic mass is 10.1. The van der Waals surface area contributed by atoms with Crippen molar-refractivity contribution < 1.29 is 23.6 Å². The van der Waals surface area contributed by atoms with Crippen LogP contribution in [0.4, 0.5) is 4.39 Å². The highest BCUT2D eigenvalue weighted by Gasteiger charge is 2.15. The van der Waals surface area contributed by atoms with Crippen LogP contribution in [0, 0.1) is 5.82 Å². The average molecular weight is 235 g/mol. The van der Waals surface area contributed by atoms with Crippen LogP contribution in [0.1, 0.15) is 20.8 Å². The fourth-order valence-electron chi connectivity index (χ4n) is 1.35. The summed E-state index contributed by atoms with van der Waals surface area (Å²) in [5, 5.41) is 11.9. The van der Waals surface area contributed by atoms with Gasteiger partial charge in [0.25, 0.3) is 0 Å². The predicted octanol–water partition coefficient (Wildman–Crippen LogP) is 1.99. The van der Waals surface area contributed by atoms with Crippen molar-refractivity contribution in [2.75, 3.05) is 0 Å². The molecule has 0 aliphatic heterocycles. The molecule has 1 N–H and O–H groups in total. The number of aromatic carboxylic acids is 1. The van der Waals surface area contributed by atoms with Crippen LogP contribution in [0.25, 0.3) is 11.3 Å². The maximum absolute atomic E-state index is 13.0. The van der Waals surface area contributed by atoms with Gasteiger partial charge in [0.15, 0.2) is 17.7 Å². The summed E-state index contributed by atoms with van der Waals surface area (Å²) in [6, 6.07) is 4.61. The van der Waals surface area contributed by atoms with Crippen LogP contribution in [0.3, 0.4) is 0 Å². The lowest BCUT2D eigenvalue weighted by molar-refractivity contribution is 0.0685. The van der Waals surface area contributed by atoms with E-state index in [-0.39, 0.29) is 22.6 Å². The Morgan fingerprint density at radius 3 is 2.76 bits per heavy atom. The molecule has 0 fully saturated rings. The summed E-state index contributed by atoms with van der Waals surface area (Å²) in [6.07, 6.45) is 0.526. The predicted molar refractivity (Wildman–Crippen MR) is 54.2 cm³/mol. The Labute approximate surface area is 94.5 Å². The zero-order valence-electron chi connectivity index (χ0n) is 8.38. The maximum atomic E-state index is 13.0. The number of carbonyl (C=O) groups is 2. The quantitative estimate of drug-likeness (QED) is 0.823. The molecule has 1 aromatic heterocycles. The van der Waals surface area contributed by atoms with Crippen molar-refractivity contribution in [3.63, 3.8) is 0 Å². The van der Waals surface area contributed by atoms with Crippen LogP contribution in [0.5, 0.6) is 0 Å². The van der Waals surface area contributed by atoms with E-state index in [1.807, 2.05) is 0 Å². The Bertz CT molecular complexity index is 591. The summed E-state index contributed by atoms with van der Waals surface area (Å²) in [6.45, 7) is 0. The van der Waals surface area contributed by atoms with Crippen molar-refractivity contribution in [1.29, 1.82) is 0 Å². The Balaban J connectivity index is 2.54. The molecule has 1 aromatic carbocycles. The summed E-state index contributed by atoms with van der Waals surface area (Å²) in [7, 11) is 0. The van der Waals surface area contributed by atoms with Gasteiger partial charge in [-0.2, -0.15) is 0 Å². The number of aromatic nitrogens is 1. The number of halogens is 1. The number of hydrogen-bond donors (Lipinski definition) is 1. The second-order valence-electron chi connectivity index (χ2n) is 3.23. The largest absolute Gasteiger partial charge is 0.476 e. The van der Waals surface area contributed by atoms with E-state index in [9.17, 15) is 14.0 Å². The fourth-order valence-corrected chi connectivity index (χ4v) is 1.35. The Morgan fingerprint density at radius 1 is 1.41 bits per heavy atom. The maximum Gasteiger partial charge on any atom is 0.358 e. The van der Waals surface area contributed by atoms with Gasteiger partial charge in [-0.05, 0) is 18.2 Å². The summed E-state index contributed by atoms with van der Waals surface area (Å²) in [5.41, 5.74) is 0.0561. The highest BCUT2D eigenvalue weighted by molar-refractivity contribution is 5.89. The molecule has 2 aromatic rings. The van der Waals surface area contributed by atoms with E-state index in [0.717, 1.165) is 18.2 Å². The third-order valence-corrected chi connectivity index (χ3v) is 2.14. The molecule has 0 saturated carbocycles. The van der Waals surface area contributed by atoms with Gasteiger partial charge >= 0.3 is 5.97 Å². The lowest BCUT2D eigenvalue weighted by Crippen LogP contribution is -1.94. The fraction of sp³-hybridized carbons (Fsp3) is 0. The van der Waals surface area contributed by atoms with Crippen molar-refractivity contribution in [3.05, 3.63) is 41.3 Å². The van der Waals surface area contributed by atoms with Crippen molar-refractivity contribution in [3.8, 4) is 11.3 Å². The van der Waals surface area contributed by atoms with Crippen LogP contribution in [0.15, 0.2) is 28.8 Å². The summed E-state index contributed by atoms with van der Waals surface area (Å²) < 4.78 is 17.8. The van der Waals surface area contributed by atoms with E-state index in [1.165, 1.54) is 6.07 Å². The summed E-state index contributed by atoms with van der Waals surface area (Å²) >= 11 is 0. The van der Waals surface area contributed by atoms with E-state index >= 15 is 0 Å². The van der Waals surface area contributed by atoms with Gasteiger partial charge in [-0.25, -0.2) is 9.18 Å². The Hall–Kier alpha value is -2.50. The first-order chi connectivity index (χ1) is 8.11. The van der Waals surface area contributed by atoms with Crippen molar-refractivity contribution in [2.45, 2.75) is 0 Å². The van der Waals surface area contributed by atoms with Gasteiger partial charge in [-0.1, -0.05) is 5.16 Å². The van der Waals surface area contributed by atoms with Gasteiger partial charge in [-0.3, -0.25) is 4.79 Å². The first-order valence-electron chi connectivity index (χ1n) is 4.57. The summed E-state index contributed by atoms with van der Waals surface area (Å²) in [4.78, 5) is 21.4. The van der Waals surface area contributed by atoms with Crippen LogP contribution < -0.4 is 0 Å². The average Bonchev–Trinajstić information content (AvgIpc) is 2.78. The van der Waals surface area contributed by atoms with Crippen LogP contribution in [-0.2, 0) is 0 Å². The van der Waals surface area contributed by atoms with Gasteiger partial charge in [0.05, 0.1) is 0 Å². The number of carboxylic acids is 1. The van der Waals surface area contributed by atoms with Gasteiger partial charge in [0.2, 0.25) is 0 Å². The molecule has 0 unspecified atom stereocenters. The minimum absolute atomic E-state index is 0.0315. The van der Waals surface area contributed by atoms with Crippen LogP contribution in [-0.4, -0.2) is 22.5 Å². The standard InChI is InChI=1S/C11H6FNO4/c12-7-2-1-6(5-14)8(3-7)10-4-9(11(15)16)13-17-10/h1-5H,(H,15,16). The van der Waals surface area contributed by atoms with Crippen molar-refractivity contribution in [1.82, 2.24) is 5.16 Å². The third-order valence-electron chi connectivity index (χ3n) is 2.14. The molecular formula is C11H6FNO4. The third kappa shape index (κ3) is 2.05. The SMILES string of the molecule is O=Cc1ccc(F)cc1-c1cc(C(=O)O)no1. The lowest BCUT2D eigenvalue weighted by Gasteiger charge is -1.99. The molecule has 2 rings (SSSR count). The molecule has 0 spiro atoms. The normalized spacial score (nSPS) is 10.2. The number of rotatable bonds is 3. The second-order valence-corrected chi connectivity index (χ2v) is 3.23. The van der Waals surface area contributed by atoms with Gasteiger partial charge < -0.3 is 9.63 Å². The molecule has 5 nitrogen and oxygen atoms in total. The number of carboxylic acid groups (broad SMARTS) is 1. The van der Waals surface area contributed by atoms with E-state index in [0.29, 0.717) is 6.29 Å². The van der Waals surface area contributed by atoms with Crippen LogP contribution >= 0.6 is 0 Å². The molecule has 0 saturated heterocycles. The second kappa shape index (κ2) is 4.17. The van der Waals surface area contributed by atoms with Crippen molar-refractivity contribution in [2.24, 2.45) is 0 Å². The van der Waals surface area contributed by atoms with E-state index in [2.05, 4.69) is 5.16 Å². The molecule has 0 amide bonds. The highest BCUT2D eigenvalue weighted by atomic mass is 19.1. The smallest absolute Gasteiger partial charge is 0.358 e. The first kappa shape index (κ1) is 11.0. The molecule has 17 heavy (non-hydrogen) atoms. The van der Waals surface area contributed by atoms with Crippen molar-refractivity contribution >= 4 is 12.3 Å². The minimum Gasteiger partial charge on any atom is -0.476 e. The number of benzene rings is 1. The molecule has 6 heteroatoms. The molecular weight excluding hydrogens is 229 g/mol. The summed E-state index contributed by atoms with van der Waals surface area (Å²) in [5.74, 6) is -1.79. The van der Waals surface area contributed by atoms with Crippen LogP contribution in [0.2, 0.25) is 0 Å². The number of hydrogen-bond acceptors (Lipinski definition) is 4. The number of carbonyl (C=O) groups excluding carboxylic acids is 1. The number of aldehydes is 1. The topological polar surface area (TPSA) is 80.4 Å². The monoisotopic (exact) mass is 235 g/mol. The highest BCUT2D eigenvalue weighted by Crippen LogP contribution is 2.24. The van der Waals surface area contributed by atoms with Gasteiger partial charge in [-0.15, -0.1) is 0 Å². The minimum atomic E-state index is -1.26. The Kier molecular flexibility index (Phi) is 2.70.